The van der Waals surface area contributed by atoms with Crippen molar-refractivity contribution in [2.75, 3.05) is 7.05 Å². The fourth-order valence-electron chi connectivity index (χ4n) is 4.72. The van der Waals surface area contributed by atoms with Gasteiger partial charge in [0, 0.05) is 36.7 Å². The van der Waals surface area contributed by atoms with Gasteiger partial charge in [0.2, 0.25) is 0 Å². The third-order valence-electron chi connectivity index (χ3n) is 6.59. The van der Waals surface area contributed by atoms with E-state index in [2.05, 4.69) is 32.7 Å². The Labute approximate surface area is 219 Å². The molecule has 0 saturated carbocycles. The fourth-order valence-corrected chi connectivity index (χ4v) is 4.72. The van der Waals surface area contributed by atoms with Crippen LogP contribution in [0.5, 0.6) is 0 Å². The first-order valence-electron chi connectivity index (χ1n) is 12.3. The second-order valence-electron chi connectivity index (χ2n) is 9.48. The van der Waals surface area contributed by atoms with Gasteiger partial charge in [-0.15, -0.1) is 0 Å². The lowest BCUT2D eigenvalue weighted by Crippen LogP contribution is -2.17. The SMILES string of the molecule is CN(Cc1ccc(F)cc1)Cc1ccc2cc(-c3cc(C(=O)O)ccn3)n(CCc3ccc(F)cc3)c2c1. The number of benzene rings is 3. The third-order valence-corrected chi connectivity index (χ3v) is 6.59. The van der Waals surface area contributed by atoms with Crippen LogP contribution < -0.4 is 0 Å². The summed E-state index contributed by atoms with van der Waals surface area (Å²) in [7, 11) is 2.02. The van der Waals surface area contributed by atoms with E-state index in [1.165, 1.54) is 36.5 Å². The largest absolute Gasteiger partial charge is 0.478 e. The maximum absolute atomic E-state index is 13.4. The van der Waals surface area contributed by atoms with Crippen molar-refractivity contribution in [2.45, 2.75) is 26.1 Å². The Balaban J connectivity index is 1.48. The highest BCUT2D eigenvalue weighted by molar-refractivity contribution is 5.90. The molecule has 0 aliphatic rings. The van der Waals surface area contributed by atoms with E-state index in [0.717, 1.165) is 33.3 Å². The van der Waals surface area contributed by atoms with Crippen molar-refractivity contribution in [3.8, 4) is 11.4 Å². The summed E-state index contributed by atoms with van der Waals surface area (Å²) in [6.07, 6.45) is 2.18. The molecule has 0 aliphatic heterocycles. The molecule has 5 nitrogen and oxygen atoms in total. The van der Waals surface area contributed by atoms with Gasteiger partial charge in [0.15, 0.2) is 0 Å². The monoisotopic (exact) mass is 511 g/mol. The van der Waals surface area contributed by atoms with Crippen LogP contribution in [-0.4, -0.2) is 32.6 Å². The highest BCUT2D eigenvalue weighted by Gasteiger charge is 2.15. The molecule has 2 heterocycles. The van der Waals surface area contributed by atoms with Crippen molar-refractivity contribution in [3.63, 3.8) is 0 Å². The summed E-state index contributed by atoms with van der Waals surface area (Å²) >= 11 is 0. The molecule has 0 spiro atoms. The molecule has 5 aromatic rings. The van der Waals surface area contributed by atoms with Crippen molar-refractivity contribution < 1.29 is 18.7 Å². The van der Waals surface area contributed by atoms with Crippen molar-refractivity contribution in [3.05, 3.63) is 125 Å². The number of aryl methyl sites for hydroxylation is 2. The Morgan fingerprint density at radius 2 is 1.47 bits per heavy atom. The molecule has 0 radical (unpaired) electrons. The second-order valence-corrected chi connectivity index (χ2v) is 9.48. The molecule has 0 aliphatic carbocycles. The number of halogens is 2. The zero-order valence-electron chi connectivity index (χ0n) is 20.9. The predicted molar refractivity (Wildman–Crippen MR) is 144 cm³/mol. The quantitative estimate of drug-likeness (QED) is 0.244. The number of nitrogens with zero attached hydrogens (tertiary/aromatic N) is 3. The van der Waals surface area contributed by atoms with E-state index in [-0.39, 0.29) is 17.2 Å². The van der Waals surface area contributed by atoms with E-state index in [1.807, 2.05) is 13.1 Å². The minimum atomic E-state index is -1.01. The molecule has 0 bridgehead atoms. The minimum absolute atomic E-state index is 0.174. The summed E-state index contributed by atoms with van der Waals surface area (Å²) < 4.78 is 28.8. The van der Waals surface area contributed by atoms with Crippen LogP contribution in [-0.2, 0) is 26.1 Å². The molecule has 1 N–H and O–H groups in total. The number of rotatable bonds is 9. The van der Waals surface area contributed by atoms with E-state index in [4.69, 9.17) is 0 Å². The van der Waals surface area contributed by atoms with E-state index < -0.39 is 5.97 Å². The number of fused-ring (bicyclic) bond motifs is 1. The van der Waals surface area contributed by atoms with E-state index >= 15 is 0 Å². The molecule has 0 unspecified atom stereocenters. The van der Waals surface area contributed by atoms with Gasteiger partial charge in [-0.05, 0) is 78.7 Å². The third kappa shape index (κ3) is 5.79. The van der Waals surface area contributed by atoms with Crippen LogP contribution in [0.4, 0.5) is 8.78 Å². The van der Waals surface area contributed by atoms with Gasteiger partial charge in [0.05, 0.1) is 17.0 Å². The number of hydrogen-bond donors (Lipinski definition) is 1. The molecule has 0 saturated heterocycles. The topological polar surface area (TPSA) is 58.4 Å². The zero-order chi connectivity index (χ0) is 26.6. The lowest BCUT2D eigenvalue weighted by molar-refractivity contribution is 0.0696. The van der Waals surface area contributed by atoms with Gasteiger partial charge in [0.1, 0.15) is 11.6 Å². The van der Waals surface area contributed by atoms with Gasteiger partial charge < -0.3 is 9.67 Å². The van der Waals surface area contributed by atoms with Gasteiger partial charge in [-0.25, -0.2) is 13.6 Å². The molecule has 0 amide bonds. The van der Waals surface area contributed by atoms with Crippen molar-refractivity contribution >= 4 is 16.9 Å². The number of carbonyl (C=O) groups is 1. The Bertz CT molecular complexity index is 1580. The first-order chi connectivity index (χ1) is 18.4. The lowest BCUT2D eigenvalue weighted by Gasteiger charge is -2.17. The molecule has 2 aromatic heterocycles. The molecule has 5 rings (SSSR count). The molecule has 7 heteroatoms. The molecule has 3 aromatic carbocycles. The lowest BCUT2D eigenvalue weighted by atomic mass is 10.1. The van der Waals surface area contributed by atoms with Gasteiger partial charge in [-0.2, -0.15) is 0 Å². The smallest absolute Gasteiger partial charge is 0.335 e. The predicted octanol–water partition coefficient (Wildman–Crippen LogP) is 6.55. The van der Waals surface area contributed by atoms with Crippen molar-refractivity contribution in [1.82, 2.24) is 14.5 Å². The van der Waals surface area contributed by atoms with E-state index in [9.17, 15) is 18.7 Å². The van der Waals surface area contributed by atoms with Crippen LogP contribution in [0, 0.1) is 11.6 Å². The van der Waals surface area contributed by atoms with Crippen molar-refractivity contribution in [2.24, 2.45) is 0 Å². The number of hydrogen-bond acceptors (Lipinski definition) is 3. The highest BCUT2D eigenvalue weighted by atomic mass is 19.1. The first-order valence-corrected chi connectivity index (χ1v) is 12.3. The molecule has 192 valence electrons. The Hall–Kier alpha value is -4.36. The molecule has 0 fully saturated rings. The first kappa shape index (κ1) is 25.3. The Morgan fingerprint density at radius 1 is 0.842 bits per heavy atom. The second kappa shape index (κ2) is 10.9. The average molecular weight is 512 g/mol. The maximum Gasteiger partial charge on any atom is 0.335 e. The van der Waals surface area contributed by atoms with Crippen LogP contribution in [0.25, 0.3) is 22.3 Å². The molecular formula is C31H27F2N3O2. The summed E-state index contributed by atoms with van der Waals surface area (Å²) in [5.74, 6) is -1.53. The number of aromatic carboxylic acids is 1. The summed E-state index contributed by atoms with van der Waals surface area (Å²) in [6, 6.07) is 24.4. The Kier molecular flexibility index (Phi) is 7.29. The van der Waals surface area contributed by atoms with Gasteiger partial charge in [-0.1, -0.05) is 36.4 Å². The summed E-state index contributed by atoms with van der Waals surface area (Å²) in [6.45, 7) is 1.98. The fraction of sp³-hybridized carbons (Fsp3) is 0.161. The molecular weight excluding hydrogens is 484 g/mol. The highest BCUT2D eigenvalue weighted by Crippen LogP contribution is 2.29. The Morgan fingerprint density at radius 3 is 2.16 bits per heavy atom. The van der Waals surface area contributed by atoms with Gasteiger partial charge in [0.25, 0.3) is 0 Å². The number of pyridine rings is 1. The van der Waals surface area contributed by atoms with E-state index in [1.54, 1.807) is 30.3 Å². The van der Waals surface area contributed by atoms with Crippen LogP contribution in [0.3, 0.4) is 0 Å². The zero-order valence-corrected chi connectivity index (χ0v) is 20.9. The van der Waals surface area contributed by atoms with Crippen LogP contribution in [0.15, 0.2) is 91.1 Å². The van der Waals surface area contributed by atoms with Gasteiger partial charge in [-0.3, -0.25) is 9.88 Å². The van der Waals surface area contributed by atoms with Crippen molar-refractivity contribution in [1.29, 1.82) is 0 Å². The van der Waals surface area contributed by atoms with Crippen LogP contribution in [0.1, 0.15) is 27.0 Å². The summed E-state index contributed by atoms with van der Waals surface area (Å²) in [5.41, 5.74) is 5.73. The molecule has 38 heavy (non-hydrogen) atoms. The molecule has 0 atom stereocenters. The van der Waals surface area contributed by atoms with Crippen LogP contribution >= 0.6 is 0 Å². The van der Waals surface area contributed by atoms with Gasteiger partial charge >= 0.3 is 5.97 Å². The summed E-state index contributed by atoms with van der Waals surface area (Å²) in [5, 5.41) is 10.5. The number of carboxylic acids is 1. The number of carboxylic acid groups (broad SMARTS) is 1. The van der Waals surface area contributed by atoms with Crippen LogP contribution in [0.2, 0.25) is 0 Å². The average Bonchev–Trinajstić information content (AvgIpc) is 3.27. The standard InChI is InChI=1S/C31H27F2N3O2/c1-35(19-22-5-10-27(33)11-6-22)20-23-2-7-24-18-30(28-17-25(31(37)38)12-14-34-28)36(29(24)16-23)15-13-21-3-8-26(32)9-4-21/h2-12,14,16-18H,13,15,19-20H2,1H3,(H,37,38). The van der Waals surface area contributed by atoms with E-state index in [0.29, 0.717) is 31.7 Å². The number of aromatic nitrogens is 2. The summed E-state index contributed by atoms with van der Waals surface area (Å²) in [4.78, 5) is 18.2. The normalized spacial score (nSPS) is 11.4. The minimum Gasteiger partial charge on any atom is -0.478 e. The maximum atomic E-state index is 13.4.